The molecule has 1 N–H and O–H groups in total. The van der Waals surface area contributed by atoms with E-state index in [0.29, 0.717) is 17.4 Å². The Morgan fingerprint density at radius 3 is 2.89 bits per heavy atom. The Bertz CT molecular complexity index is 460. The molecule has 0 bridgehead atoms. The molecule has 1 fully saturated rings. The average molecular weight is 281 g/mol. The maximum Gasteiger partial charge on any atom is 0.125 e. The SMILES string of the molecule is CC1CCCC(C2C[C@@H](O)c3cc(Cl)ccc3O2)C1. The summed E-state index contributed by atoms with van der Waals surface area (Å²) in [6.07, 6.45) is 5.49. The van der Waals surface area contributed by atoms with E-state index in [4.69, 9.17) is 16.3 Å². The molecule has 0 amide bonds. The highest BCUT2D eigenvalue weighted by atomic mass is 35.5. The van der Waals surface area contributed by atoms with Crippen molar-refractivity contribution in [1.29, 1.82) is 0 Å². The summed E-state index contributed by atoms with van der Waals surface area (Å²) < 4.78 is 6.13. The molecule has 1 aromatic carbocycles. The molecule has 104 valence electrons. The Labute approximate surface area is 119 Å². The molecule has 1 heterocycles. The number of aliphatic hydroxyl groups is 1. The summed E-state index contributed by atoms with van der Waals surface area (Å²) in [4.78, 5) is 0. The third-order valence-corrected chi connectivity index (χ3v) is 4.80. The first-order valence-corrected chi connectivity index (χ1v) is 7.65. The van der Waals surface area contributed by atoms with Crippen molar-refractivity contribution in [2.45, 2.75) is 51.2 Å². The Kier molecular flexibility index (Phi) is 3.72. The highest BCUT2D eigenvalue weighted by Crippen LogP contribution is 2.42. The van der Waals surface area contributed by atoms with Gasteiger partial charge in [-0.2, -0.15) is 0 Å². The predicted molar refractivity (Wildman–Crippen MR) is 76.6 cm³/mol. The van der Waals surface area contributed by atoms with Gasteiger partial charge in [0.15, 0.2) is 0 Å². The molecule has 0 aromatic heterocycles. The van der Waals surface area contributed by atoms with Gasteiger partial charge in [0.2, 0.25) is 0 Å². The largest absolute Gasteiger partial charge is 0.490 e. The standard InChI is InChI=1S/C16H21ClO2/c1-10-3-2-4-11(7-10)16-9-14(18)13-8-12(17)5-6-15(13)19-16/h5-6,8,10-11,14,16,18H,2-4,7,9H2,1H3/t10?,11?,14-,16?/m1/s1. The fourth-order valence-corrected chi connectivity index (χ4v) is 3.73. The lowest BCUT2D eigenvalue weighted by Crippen LogP contribution is -2.35. The van der Waals surface area contributed by atoms with E-state index in [1.165, 1.54) is 25.7 Å². The number of benzene rings is 1. The van der Waals surface area contributed by atoms with Crippen molar-refractivity contribution >= 4 is 11.6 Å². The smallest absolute Gasteiger partial charge is 0.125 e. The summed E-state index contributed by atoms with van der Waals surface area (Å²) in [6, 6.07) is 5.54. The van der Waals surface area contributed by atoms with Gasteiger partial charge in [-0.3, -0.25) is 0 Å². The van der Waals surface area contributed by atoms with Crippen molar-refractivity contribution in [1.82, 2.24) is 0 Å². The van der Waals surface area contributed by atoms with E-state index in [0.717, 1.165) is 17.2 Å². The van der Waals surface area contributed by atoms with Gasteiger partial charge in [0.25, 0.3) is 0 Å². The van der Waals surface area contributed by atoms with Gasteiger partial charge in [-0.15, -0.1) is 0 Å². The number of ether oxygens (including phenoxy) is 1. The van der Waals surface area contributed by atoms with E-state index >= 15 is 0 Å². The number of hydrogen-bond acceptors (Lipinski definition) is 2. The molecule has 0 radical (unpaired) electrons. The van der Waals surface area contributed by atoms with Gasteiger partial charge < -0.3 is 9.84 Å². The fraction of sp³-hybridized carbons (Fsp3) is 0.625. The molecule has 3 rings (SSSR count). The van der Waals surface area contributed by atoms with E-state index in [1.54, 1.807) is 0 Å². The van der Waals surface area contributed by atoms with E-state index in [9.17, 15) is 5.11 Å². The lowest BCUT2D eigenvalue weighted by Gasteiger charge is -2.38. The lowest BCUT2D eigenvalue weighted by atomic mass is 9.77. The Balaban J connectivity index is 1.79. The molecule has 3 unspecified atom stereocenters. The van der Waals surface area contributed by atoms with Crippen LogP contribution in [0.4, 0.5) is 0 Å². The van der Waals surface area contributed by atoms with Gasteiger partial charge in [0.05, 0.1) is 6.10 Å². The summed E-state index contributed by atoms with van der Waals surface area (Å²) in [7, 11) is 0. The third kappa shape index (κ3) is 2.75. The molecule has 1 aromatic rings. The zero-order valence-electron chi connectivity index (χ0n) is 11.3. The van der Waals surface area contributed by atoms with Crippen molar-refractivity contribution in [2.75, 3.05) is 0 Å². The zero-order chi connectivity index (χ0) is 13.4. The first kappa shape index (κ1) is 13.3. The lowest BCUT2D eigenvalue weighted by molar-refractivity contribution is 0.0172. The summed E-state index contributed by atoms with van der Waals surface area (Å²) in [5.41, 5.74) is 0.840. The minimum Gasteiger partial charge on any atom is -0.490 e. The van der Waals surface area contributed by atoms with Gasteiger partial charge in [-0.05, 0) is 42.9 Å². The van der Waals surface area contributed by atoms with Crippen LogP contribution in [0.2, 0.25) is 5.02 Å². The second-order valence-corrected chi connectivity index (χ2v) is 6.56. The van der Waals surface area contributed by atoms with Crippen LogP contribution in [-0.4, -0.2) is 11.2 Å². The van der Waals surface area contributed by atoms with Crippen LogP contribution >= 0.6 is 11.6 Å². The topological polar surface area (TPSA) is 29.5 Å². The first-order chi connectivity index (χ1) is 9.13. The molecular formula is C16H21ClO2. The van der Waals surface area contributed by atoms with E-state index in [1.807, 2.05) is 18.2 Å². The highest BCUT2D eigenvalue weighted by Gasteiger charge is 2.34. The van der Waals surface area contributed by atoms with Crippen LogP contribution < -0.4 is 4.74 Å². The molecular weight excluding hydrogens is 260 g/mol. The van der Waals surface area contributed by atoms with E-state index in [2.05, 4.69) is 6.92 Å². The van der Waals surface area contributed by atoms with Crippen LogP contribution in [0.1, 0.15) is 50.7 Å². The maximum atomic E-state index is 10.3. The molecule has 1 aliphatic carbocycles. The summed E-state index contributed by atoms with van der Waals surface area (Å²) in [5, 5.41) is 11.0. The van der Waals surface area contributed by atoms with Crippen molar-refractivity contribution < 1.29 is 9.84 Å². The van der Waals surface area contributed by atoms with Crippen molar-refractivity contribution in [2.24, 2.45) is 11.8 Å². The van der Waals surface area contributed by atoms with E-state index in [-0.39, 0.29) is 6.10 Å². The molecule has 0 saturated heterocycles. The molecule has 0 spiro atoms. The molecule has 2 aliphatic rings. The second kappa shape index (κ2) is 5.34. The van der Waals surface area contributed by atoms with Gasteiger partial charge >= 0.3 is 0 Å². The molecule has 2 nitrogen and oxygen atoms in total. The van der Waals surface area contributed by atoms with Crippen LogP contribution in [0.25, 0.3) is 0 Å². The fourth-order valence-electron chi connectivity index (χ4n) is 3.55. The summed E-state index contributed by atoms with van der Waals surface area (Å²) in [5.74, 6) is 2.18. The average Bonchev–Trinajstić information content (AvgIpc) is 2.39. The second-order valence-electron chi connectivity index (χ2n) is 6.12. The number of rotatable bonds is 1. The molecule has 19 heavy (non-hydrogen) atoms. The van der Waals surface area contributed by atoms with Gasteiger partial charge in [0.1, 0.15) is 11.9 Å². The van der Waals surface area contributed by atoms with Crippen LogP contribution in [-0.2, 0) is 0 Å². The van der Waals surface area contributed by atoms with Crippen LogP contribution in [0, 0.1) is 11.8 Å². The molecule has 1 aliphatic heterocycles. The third-order valence-electron chi connectivity index (χ3n) is 4.57. The molecule has 4 atom stereocenters. The maximum absolute atomic E-state index is 10.3. The highest BCUT2D eigenvalue weighted by molar-refractivity contribution is 6.30. The Hall–Kier alpha value is -0.730. The summed E-state index contributed by atoms with van der Waals surface area (Å²) >= 11 is 5.98. The van der Waals surface area contributed by atoms with Crippen LogP contribution in [0.3, 0.4) is 0 Å². The number of hydrogen-bond donors (Lipinski definition) is 1. The summed E-state index contributed by atoms with van der Waals surface area (Å²) in [6.45, 7) is 2.32. The molecule has 3 heteroatoms. The predicted octanol–water partition coefficient (Wildman–Crippen LogP) is 4.35. The first-order valence-electron chi connectivity index (χ1n) is 7.27. The van der Waals surface area contributed by atoms with Crippen molar-refractivity contribution in [3.63, 3.8) is 0 Å². The number of aliphatic hydroxyl groups excluding tert-OH is 1. The minimum atomic E-state index is -0.440. The minimum absolute atomic E-state index is 0.159. The van der Waals surface area contributed by atoms with E-state index < -0.39 is 6.10 Å². The normalized spacial score (nSPS) is 34.5. The Morgan fingerprint density at radius 2 is 2.11 bits per heavy atom. The van der Waals surface area contributed by atoms with Crippen LogP contribution in [0.15, 0.2) is 18.2 Å². The number of halogens is 1. The molecule has 1 saturated carbocycles. The van der Waals surface area contributed by atoms with Crippen molar-refractivity contribution in [3.8, 4) is 5.75 Å². The van der Waals surface area contributed by atoms with Crippen LogP contribution in [0.5, 0.6) is 5.75 Å². The Morgan fingerprint density at radius 1 is 1.26 bits per heavy atom. The monoisotopic (exact) mass is 280 g/mol. The van der Waals surface area contributed by atoms with Crippen molar-refractivity contribution in [3.05, 3.63) is 28.8 Å². The van der Waals surface area contributed by atoms with Gasteiger partial charge in [-0.1, -0.05) is 31.4 Å². The zero-order valence-corrected chi connectivity index (χ0v) is 12.1. The van der Waals surface area contributed by atoms with Gasteiger partial charge in [0, 0.05) is 17.0 Å². The van der Waals surface area contributed by atoms with Gasteiger partial charge in [-0.25, -0.2) is 0 Å². The quantitative estimate of drug-likeness (QED) is 0.829. The number of fused-ring (bicyclic) bond motifs is 1.